The molecule has 1 fully saturated rings. The Balaban J connectivity index is 2.45. The highest BCUT2D eigenvalue weighted by Crippen LogP contribution is 2.57. The van der Waals surface area contributed by atoms with Crippen molar-refractivity contribution < 1.29 is 14.0 Å². The van der Waals surface area contributed by atoms with E-state index in [2.05, 4.69) is 4.52 Å². The molecule has 5 heteroatoms. The van der Waals surface area contributed by atoms with Crippen molar-refractivity contribution in [3.63, 3.8) is 0 Å². The Morgan fingerprint density at radius 2 is 2.33 bits per heavy atom. The molecule has 1 unspecified atom stereocenters. The monoisotopic (exact) mass is 168 g/mol. The van der Waals surface area contributed by atoms with Gasteiger partial charge in [-0.3, -0.25) is 0 Å². The Kier molecular flexibility index (Phi) is 2.59. The maximum atomic E-state index is 10.8. The van der Waals surface area contributed by atoms with Gasteiger partial charge in [0.15, 0.2) is 0 Å². The molecule has 1 rings (SSSR count). The lowest BCUT2D eigenvalue weighted by Crippen LogP contribution is -1.84. The third-order valence-electron chi connectivity index (χ3n) is 1.05. The van der Waals surface area contributed by atoms with Crippen molar-refractivity contribution in [2.75, 3.05) is 12.4 Å². The quantitative estimate of drug-likeness (QED) is 0.558. The van der Waals surface area contributed by atoms with Gasteiger partial charge in [-0.1, -0.05) is 0 Å². The zero-order valence-corrected chi connectivity index (χ0v) is 6.66. The standard InChI is InChI=1S/C4H9O3PS/c5-8(6)7-3-1-2-4-9-8/h1-4H2,(H,5,6). The van der Waals surface area contributed by atoms with Crippen molar-refractivity contribution in [1.29, 1.82) is 0 Å². The van der Waals surface area contributed by atoms with E-state index in [1.807, 2.05) is 0 Å². The average Bonchev–Trinajstić information content (AvgIpc) is 1.92. The Bertz CT molecular complexity index is 126. The second-order valence-electron chi connectivity index (χ2n) is 1.84. The minimum Gasteiger partial charge on any atom is -0.316 e. The Labute approximate surface area is 58.1 Å². The average molecular weight is 168 g/mol. The second kappa shape index (κ2) is 3.06. The minimum absolute atomic E-state index is 0.431. The van der Waals surface area contributed by atoms with Crippen molar-refractivity contribution in [3.8, 4) is 0 Å². The van der Waals surface area contributed by atoms with Crippen molar-refractivity contribution in [1.82, 2.24) is 0 Å². The summed E-state index contributed by atoms with van der Waals surface area (Å²) in [4.78, 5) is 8.85. The minimum atomic E-state index is -3.21. The first-order valence-electron chi connectivity index (χ1n) is 2.83. The first-order valence-corrected chi connectivity index (χ1v) is 5.99. The van der Waals surface area contributed by atoms with E-state index in [1.54, 1.807) is 0 Å². The number of rotatable bonds is 0. The van der Waals surface area contributed by atoms with E-state index in [1.165, 1.54) is 0 Å². The Morgan fingerprint density at radius 1 is 1.56 bits per heavy atom. The summed E-state index contributed by atoms with van der Waals surface area (Å²) in [5, 5.41) is 0. The van der Waals surface area contributed by atoms with Crippen molar-refractivity contribution in [2.45, 2.75) is 12.8 Å². The predicted molar refractivity (Wildman–Crippen MR) is 37.5 cm³/mol. The summed E-state index contributed by atoms with van der Waals surface area (Å²) in [5.41, 5.74) is 0. The first-order chi connectivity index (χ1) is 4.21. The Morgan fingerprint density at radius 3 is 3.11 bits per heavy atom. The highest BCUT2D eigenvalue weighted by Gasteiger charge is 2.21. The van der Waals surface area contributed by atoms with Crippen LogP contribution in [0.25, 0.3) is 0 Å². The molecule has 0 aromatic heterocycles. The van der Waals surface area contributed by atoms with Crippen LogP contribution in [0.1, 0.15) is 12.8 Å². The van der Waals surface area contributed by atoms with Crippen molar-refractivity contribution in [3.05, 3.63) is 0 Å². The van der Waals surface area contributed by atoms with Gasteiger partial charge in [0.1, 0.15) is 0 Å². The maximum Gasteiger partial charge on any atom is 0.386 e. The third-order valence-corrected chi connectivity index (χ3v) is 4.20. The van der Waals surface area contributed by atoms with Crippen LogP contribution in [0, 0.1) is 0 Å². The Hall–Kier alpha value is 0.500. The molecule has 0 spiro atoms. The highest BCUT2D eigenvalue weighted by atomic mass is 32.7. The molecule has 1 aliphatic rings. The summed E-state index contributed by atoms with van der Waals surface area (Å²) in [5.74, 6) is 0.744. The fraction of sp³-hybridized carbons (Fsp3) is 1.00. The smallest absolute Gasteiger partial charge is 0.316 e. The van der Waals surface area contributed by atoms with E-state index in [9.17, 15) is 4.57 Å². The molecule has 0 aromatic carbocycles. The fourth-order valence-corrected chi connectivity index (χ4v) is 3.13. The van der Waals surface area contributed by atoms with E-state index in [0.29, 0.717) is 6.61 Å². The molecular formula is C4H9O3PS. The van der Waals surface area contributed by atoms with Gasteiger partial charge >= 0.3 is 6.80 Å². The van der Waals surface area contributed by atoms with Gasteiger partial charge in [0, 0.05) is 5.75 Å². The topological polar surface area (TPSA) is 46.5 Å². The van der Waals surface area contributed by atoms with E-state index >= 15 is 0 Å². The summed E-state index contributed by atoms with van der Waals surface area (Å²) < 4.78 is 15.4. The van der Waals surface area contributed by atoms with Gasteiger partial charge in [-0.05, 0) is 24.2 Å². The van der Waals surface area contributed by atoms with Gasteiger partial charge in [0.25, 0.3) is 0 Å². The second-order valence-corrected chi connectivity index (χ2v) is 5.86. The number of hydrogen-bond donors (Lipinski definition) is 1. The summed E-state index contributed by atoms with van der Waals surface area (Å²) in [6.07, 6.45) is 1.88. The molecule has 0 saturated carbocycles. The lowest BCUT2D eigenvalue weighted by molar-refractivity contribution is 0.274. The number of hydrogen-bond acceptors (Lipinski definition) is 3. The van der Waals surface area contributed by atoms with Crippen molar-refractivity contribution >= 4 is 18.2 Å². The summed E-state index contributed by atoms with van der Waals surface area (Å²) in [7, 11) is 0. The lowest BCUT2D eigenvalue weighted by Gasteiger charge is -2.04. The molecule has 54 valence electrons. The van der Waals surface area contributed by atoms with Gasteiger partial charge in [-0.15, -0.1) is 0 Å². The first kappa shape index (κ1) is 7.61. The molecule has 1 aliphatic heterocycles. The predicted octanol–water partition coefficient (Wildman–Crippen LogP) is 1.63. The van der Waals surface area contributed by atoms with Crippen LogP contribution in [0.5, 0.6) is 0 Å². The zero-order valence-electron chi connectivity index (χ0n) is 4.95. The molecule has 0 aliphatic carbocycles. The van der Waals surface area contributed by atoms with Gasteiger partial charge in [-0.2, -0.15) is 0 Å². The zero-order chi connectivity index (χ0) is 6.74. The molecule has 0 radical (unpaired) electrons. The summed E-state index contributed by atoms with van der Waals surface area (Å²) in [6.45, 7) is -2.78. The van der Waals surface area contributed by atoms with Crippen LogP contribution < -0.4 is 0 Å². The highest BCUT2D eigenvalue weighted by molar-refractivity contribution is 8.54. The van der Waals surface area contributed by atoms with E-state index in [0.717, 1.165) is 30.0 Å². The summed E-state index contributed by atoms with van der Waals surface area (Å²) in [6, 6.07) is 0. The molecule has 1 N–H and O–H groups in total. The van der Waals surface area contributed by atoms with Gasteiger partial charge < -0.3 is 9.42 Å². The molecule has 0 bridgehead atoms. The molecule has 1 heterocycles. The lowest BCUT2D eigenvalue weighted by atomic mass is 10.4. The molecule has 9 heavy (non-hydrogen) atoms. The largest absolute Gasteiger partial charge is 0.386 e. The van der Waals surface area contributed by atoms with E-state index < -0.39 is 6.80 Å². The van der Waals surface area contributed by atoms with Crippen LogP contribution in [0.4, 0.5) is 0 Å². The fourth-order valence-electron chi connectivity index (χ4n) is 0.601. The molecule has 0 amide bonds. The maximum absolute atomic E-state index is 10.8. The van der Waals surface area contributed by atoms with Crippen molar-refractivity contribution in [2.24, 2.45) is 0 Å². The third kappa shape index (κ3) is 2.72. The van der Waals surface area contributed by atoms with Crippen LogP contribution in [-0.2, 0) is 9.09 Å². The van der Waals surface area contributed by atoms with E-state index in [-0.39, 0.29) is 0 Å². The molecule has 3 nitrogen and oxygen atoms in total. The van der Waals surface area contributed by atoms with Crippen LogP contribution in [0.15, 0.2) is 0 Å². The molecule has 1 saturated heterocycles. The van der Waals surface area contributed by atoms with Gasteiger partial charge in [0.2, 0.25) is 0 Å². The molecular weight excluding hydrogens is 159 g/mol. The van der Waals surface area contributed by atoms with Crippen LogP contribution in [0.2, 0.25) is 0 Å². The molecule has 0 aromatic rings. The van der Waals surface area contributed by atoms with Gasteiger partial charge in [0.05, 0.1) is 6.61 Å². The van der Waals surface area contributed by atoms with Crippen LogP contribution in [-0.4, -0.2) is 17.3 Å². The summed E-state index contributed by atoms with van der Waals surface area (Å²) >= 11 is 1.03. The van der Waals surface area contributed by atoms with Crippen LogP contribution in [0.3, 0.4) is 0 Å². The van der Waals surface area contributed by atoms with Gasteiger partial charge in [-0.25, -0.2) is 4.57 Å². The van der Waals surface area contributed by atoms with Crippen LogP contribution >= 0.6 is 18.2 Å². The molecule has 1 atom stereocenters. The van der Waals surface area contributed by atoms with E-state index in [4.69, 9.17) is 4.89 Å². The SMILES string of the molecule is O=P1(O)OCCCCS1. The normalized spacial score (nSPS) is 37.9.